The zero-order valence-electron chi connectivity index (χ0n) is 9.75. The number of aryl methyl sites for hydroxylation is 1. The molecule has 1 heterocycles. The van der Waals surface area contributed by atoms with Crippen LogP contribution in [0.2, 0.25) is 0 Å². The molecule has 0 aliphatic heterocycles. The molecule has 0 aromatic carbocycles. The van der Waals surface area contributed by atoms with Crippen LogP contribution in [0.15, 0.2) is 0 Å². The Morgan fingerprint density at radius 1 is 1.29 bits per heavy atom. The van der Waals surface area contributed by atoms with Crippen LogP contribution in [-0.4, -0.2) is 15.0 Å². The molecule has 3 nitrogen and oxygen atoms in total. The lowest BCUT2D eigenvalue weighted by Gasteiger charge is -2.06. The SMILES string of the molecule is CCCCn1nnc(C(C)C)c1CC. The second-order valence-corrected chi connectivity index (χ2v) is 4.01. The van der Waals surface area contributed by atoms with Gasteiger partial charge in [0.25, 0.3) is 0 Å². The second-order valence-electron chi connectivity index (χ2n) is 4.01. The predicted octanol–water partition coefficient (Wildman–Crippen LogP) is 2.76. The summed E-state index contributed by atoms with van der Waals surface area (Å²) in [6.45, 7) is 9.74. The third kappa shape index (κ3) is 2.34. The normalized spacial score (nSPS) is 11.2. The highest BCUT2D eigenvalue weighted by molar-refractivity contribution is 5.13. The van der Waals surface area contributed by atoms with E-state index >= 15 is 0 Å². The summed E-state index contributed by atoms with van der Waals surface area (Å²) in [5.74, 6) is 0.486. The van der Waals surface area contributed by atoms with Crippen LogP contribution in [0, 0.1) is 0 Å². The molecule has 1 aromatic heterocycles. The fourth-order valence-corrected chi connectivity index (χ4v) is 1.65. The Kier molecular flexibility index (Phi) is 4.11. The van der Waals surface area contributed by atoms with Crippen LogP contribution in [0.1, 0.15) is 57.8 Å². The van der Waals surface area contributed by atoms with Crippen LogP contribution in [0.25, 0.3) is 0 Å². The molecule has 0 saturated heterocycles. The van der Waals surface area contributed by atoms with E-state index < -0.39 is 0 Å². The summed E-state index contributed by atoms with van der Waals surface area (Å²) in [6, 6.07) is 0. The summed E-state index contributed by atoms with van der Waals surface area (Å²) in [5.41, 5.74) is 2.48. The fourth-order valence-electron chi connectivity index (χ4n) is 1.65. The Bertz CT molecular complexity index is 276. The molecule has 1 rings (SSSR count). The van der Waals surface area contributed by atoms with Gasteiger partial charge in [0.05, 0.1) is 11.4 Å². The van der Waals surface area contributed by atoms with E-state index in [9.17, 15) is 0 Å². The molecule has 3 heteroatoms. The maximum absolute atomic E-state index is 4.25. The highest BCUT2D eigenvalue weighted by atomic mass is 15.4. The highest BCUT2D eigenvalue weighted by Crippen LogP contribution is 2.17. The van der Waals surface area contributed by atoms with Crippen molar-refractivity contribution in [3.8, 4) is 0 Å². The van der Waals surface area contributed by atoms with Gasteiger partial charge in [-0.1, -0.05) is 39.3 Å². The quantitative estimate of drug-likeness (QED) is 0.723. The Hall–Kier alpha value is -0.860. The van der Waals surface area contributed by atoms with Gasteiger partial charge in [-0.2, -0.15) is 0 Å². The highest BCUT2D eigenvalue weighted by Gasteiger charge is 2.13. The maximum Gasteiger partial charge on any atom is 0.0884 e. The van der Waals surface area contributed by atoms with Gasteiger partial charge in [-0.25, -0.2) is 4.68 Å². The molecule has 0 unspecified atom stereocenters. The standard InChI is InChI=1S/C11H21N3/c1-5-7-8-14-10(6-2)11(9(3)4)12-13-14/h9H,5-8H2,1-4H3. The summed E-state index contributed by atoms with van der Waals surface area (Å²) >= 11 is 0. The average molecular weight is 195 g/mol. The summed E-state index contributed by atoms with van der Waals surface area (Å²) < 4.78 is 2.07. The molecule has 14 heavy (non-hydrogen) atoms. The van der Waals surface area contributed by atoms with E-state index in [2.05, 4.69) is 42.7 Å². The smallest absolute Gasteiger partial charge is 0.0884 e. The largest absolute Gasteiger partial charge is 0.249 e. The van der Waals surface area contributed by atoms with E-state index in [1.54, 1.807) is 0 Å². The van der Waals surface area contributed by atoms with E-state index in [0.717, 1.165) is 13.0 Å². The predicted molar refractivity (Wildman–Crippen MR) is 58.4 cm³/mol. The molecule has 0 fully saturated rings. The summed E-state index contributed by atoms with van der Waals surface area (Å²) in [7, 11) is 0. The summed E-state index contributed by atoms with van der Waals surface area (Å²) in [4.78, 5) is 0. The summed E-state index contributed by atoms with van der Waals surface area (Å²) in [6.07, 6.45) is 3.43. The number of hydrogen-bond acceptors (Lipinski definition) is 2. The molecule has 0 bridgehead atoms. The number of aromatic nitrogens is 3. The maximum atomic E-state index is 4.25. The molecule has 80 valence electrons. The van der Waals surface area contributed by atoms with Crippen molar-refractivity contribution in [3.05, 3.63) is 11.4 Å². The molecule has 0 radical (unpaired) electrons. The first-order chi connectivity index (χ1) is 6.70. The van der Waals surface area contributed by atoms with E-state index in [1.807, 2.05) is 0 Å². The average Bonchev–Trinajstić information content (AvgIpc) is 2.57. The van der Waals surface area contributed by atoms with Crippen molar-refractivity contribution in [2.75, 3.05) is 0 Å². The molecule has 0 N–H and O–H groups in total. The van der Waals surface area contributed by atoms with Gasteiger partial charge in [0.1, 0.15) is 0 Å². The lowest BCUT2D eigenvalue weighted by atomic mass is 10.1. The van der Waals surface area contributed by atoms with Gasteiger partial charge in [-0.15, -0.1) is 5.10 Å². The lowest BCUT2D eigenvalue weighted by Crippen LogP contribution is -2.05. The molecular formula is C11H21N3. The van der Waals surface area contributed by atoms with Crippen molar-refractivity contribution in [3.63, 3.8) is 0 Å². The zero-order valence-corrected chi connectivity index (χ0v) is 9.75. The van der Waals surface area contributed by atoms with Crippen LogP contribution in [0.3, 0.4) is 0 Å². The van der Waals surface area contributed by atoms with Crippen LogP contribution in [0.4, 0.5) is 0 Å². The zero-order chi connectivity index (χ0) is 10.6. The van der Waals surface area contributed by atoms with Gasteiger partial charge < -0.3 is 0 Å². The van der Waals surface area contributed by atoms with Gasteiger partial charge in [-0.3, -0.25) is 0 Å². The van der Waals surface area contributed by atoms with Crippen molar-refractivity contribution in [1.29, 1.82) is 0 Å². The minimum Gasteiger partial charge on any atom is -0.249 e. The van der Waals surface area contributed by atoms with Crippen LogP contribution >= 0.6 is 0 Å². The molecule has 0 spiro atoms. The van der Waals surface area contributed by atoms with Crippen molar-refractivity contribution in [1.82, 2.24) is 15.0 Å². The molecule has 0 aliphatic carbocycles. The number of rotatable bonds is 5. The minimum absolute atomic E-state index is 0.486. The van der Waals surface area contributed by atoms with E-state index in [1.165, 1.54) is 24.2 Å². The van der Waals surface area contributed by atoms with Gasteiger partial charge in [0.2, 0.25) is 0 Å². The fraction of sp³-hybridized carbons (Fsp3) is 0.818. The van der Waals surface area contributed by atoms with Crippen molar-refractivity contribution in [2.45, 2.75) is 59.4 Å². The summed E-state index contributed by atoms with van der Waals surface area (Å²) in [5, 5.41) is 8.46. The van der Waals surface area contributed by atoms with Crippen LogP contribution in [0.5, 0.6) is 0 Å². The van der Waals surface area contributed by atoms with Gasteiger partial charge in [-0.05, 0) is 18.8 Å². The topological polar surface area (TPSA) is 30.7 Å². The van der Waals surface area contributed by atoms with E-state index in [-0.39, 0.29) is 0 Å². The number of unbranched alkanes of at least 4 members (excludes halogenated alkanes) is 1. The number of nitrogens with zero attached hydrogens (tertiary/aromatic N) is 3. The Morgan fingerprint density at radius 2 is 2.00 bits per heavy atom. The molecule has 0 saturated carbocycles. The Morgan fingerprint density at radius 3 is 2.50 bits per heavy atom. The van der Waals surface area contributed by atoms with Crippen LogP contribution in [-0.2, 0) is 13.0 Å². The van der Waals surface area contributed by atoms with Gasteiger partial charge >= 0.3 is 0 Å². The third-order valence-corrected chi connectivity index (χ3v) is 2.47. The third-order valence-electron chi connectivity index (χ3n) is 2.47. The first-order valence-electron chi connectivity index (χ1n) is 5.62. The van der Waals surface area contributed by atoms with Crippen molar-refractivity contribution >= 4 is 0 Å². The Balaban J connectivity index is 2.84. The first-order valence-corrected chi connectivity index (χ1v) is 5.62. The molecule has 1 aromatic rings. The molecule has 0 amide bonds. The number of hydrogen-bond donors (Lipinski definition) is 0. The van der Waals surface area contributed by atoms with Crippen molar-refractivity contribution in [2.24, 2.45) is 0 Å². The second kappa shape index (κ2) is 5.13. The van der Waals surface area contributed by atoms with Crippen LogP contribution < -0.4 is 0 Å². The van der Waals surface area contributed by atoms with Gasteiger partial charge in [0.15, 0.2) is 0 Å². The lowest BCUT2D eigenvalue weighted by molar-refractivity contribution is 0.535. The van der Waals surface area contributed by atoms with Gasteiger partial charge in [0, 0.05) is 6.54 Å². The molecular weight excluding hydrogens is 174 g/mol. The Labute approximate surface area is 86.5 Å². The first kappa shape index (κ1) is 11.2. The minimum atomic E-state index is 0.486. The monoisotopic (exact) mass is 195 g/mol. The molecule has 0 aliphatic rings. The molecule has 0 atom stereocenters. The van der Waals surface area contributed by atoms with E-state index in [0.29, 0.717) is 5.92 Å². The van der Waals surface area contributed by atoms with E-state index in [4.69, 9.17) is 0 Å². The van der Waals surface area contributed by atoms with Crippen molar-refractivity contribution < 1.29 is 0 Å².